The van der Waals surface area contributed by atoms with Crippen molar-refractivity contribution in [1.82, 2.24) is 14.8 Å². The molecule has 0 bridgehead atoms. The summed E-state index contributed by atoms with van der Waals surface area (Å²) in [5, 5.41) is 0. The molecular formula is C29H35N3O4. The highest BCUT2D eigenvalue weighted by Crippen LogP contribution is 2.21. The molecule has 190 valence electrons. The SMILES string of the molecule is CCOC(=O)[C@@H]1CCCN(C(=O)c2coc(CN(Cc3ccccc3)Cc3cc(C)ccc3C)n2)C1. The molecule has 36 heavy (non-hydrogen) atoms. The van der Waals surface area contributed by atoms with Crippen LogP contribution in [0.4, 0.5) is 0 Å². The van der Waals surface area contributed by atoms with Crippen molar-refractivity contribution in [3.63, 3.8) is 0 Å². The van der Waals surface area contributed by atoms with Gasteiger partial charge in [0.25, 0.3) is 5.91 Å². The van der Waals surface area contributed by atoms with Gasteiger partial charge in [0.2, 0.25) is 5.89 Å². The topological polar surface area (TPSA) is 75.9 Å². The third-order valence-corrected chi connectivity index (χ3v) is 6.61. The maximum absolute atomic E-state index is 13.1. The fraction of sp³-hybridized carbons (Fsp3) is 0.414. The van der Waals surface area contributed by atoms with E-state index in [1.54, 1.807) is 11.8 Å². The van der Waals surface area contributed by atoms with Gasteiger partial charge >= 0.3 is 5.97 Å². The maximum atomic E-state index is 13.1. The number of rotatable bonds is 9. The van der Waals surface area contributed by atoms with Gasteiger partial charge < -0.3 is 14.1 Å². The Balaban J connectivity index is 1.47. The summed E-state index contributed by atoms with van der Waals surface area (Å²) in [7, 11) is 0. The van der Waals surface area contributed by atoms with Gasteiger partial charge in [-0.2, -0.15) is 0 Å². The first-order valence-electron chi connectivity index (χ1n) is 12.7. The Labute approximate surface area is 213 Å². The molecule has 1 aliphatic rings. The first kappa shape index (κ1) is 25.6. The molecule has 1 fully saturated rings. The molecule has 1 aromatic heterocycles. The maximum Gasteiger partial charge on any atom is 0.310 e. The first-order valence-corrected chi connectivity index (χ1v) is 12.7. The molecule has 1 amide bonds. The van der Waals surface area contributed by atoms with Crippen molar-refractivity contribution >= 4 is 11.9 Å². The molecule has 0 spiro atoms. The van der Waals surface area contributed by atoms with Crippen LogP contribution >= 0.6 is 0 Å². The van der Waals surface area contributed by atoms with Crippen molar-refractivity contribution in [3.05, 3.63) is 88.6 Å². The number of ether oxygens (including phenoxy) is 1. The summed E-state index contributed by atoms with van der Waals surface area (Å²) in [4.78, 5) is 33.8. The van der Waals surface area contributed by atoms with Crippen LogP contribution in [0.2, 0.25) is 0 Å². The zero-order chi connectivity index (χ0) is 25.5. The van der Waals surface area contributed by atoms with Crippen LogP contribution in [0.1, 0.15) is 58.4 Å². The van der Waals surface area contributed by atoms with E-state index in [1.807, 2.05) is 18.2 Å². The Morgan fingerprint density at radius 1 is 1.11 bits per heavy atom. The third kappa shape index (κ3) is 6.61. The lowest BCUT2D eigenvalue weighted by molar-refractivity contribution is -0.149. The molecular weight excluding hydrogens is 454 g/mol. The molecule has 3 aromatic rings. The number of likely N-dealkylation sites (tertiary alicyclic amines) is 1. The van der Waals surface area contributed by atoms with Gasteiger partial charge in [-0.05, 0) is 50.3 Å². The van der Waals surface area contributed by atoms with Crippen molar-refractivity contribution in [3.8, 4) is 0 Å². The predicted molar refractivity (Wildman–Crippen MR) is 137 cm³/mol. The first-order chi connectivity index (χ1) is 17.4. The Hall–Kier alpha value is -3.45. The molecule has 0 N–H and O–H groups in total. The fourth-order valence-electron chi connectivity index (χ4n) is 4.67. The summed E-state index contributed by atoms with van der Waals surface area (Å²) in [6.07, 6.45) is 2.93. The number of hydrogen-bond acceptors (Lipinski definition) is 6. The van der Waals surface area contributed by atoms with E-state index in [4.69, 9.17) is 9.15 Å². The van der Waals surface area contributed by atoms with Crippen LogP contribution in [0.15, 0.2) is 59.2 Å². The van der Waals surface area contributed by atoms with E-state index in [-0.39, 0.29) is 23.5 Å². The number of esters is 1. The lowest BCUT2D eigenvalue weighted by atomic mass is 9.98. The van der Waals surface area contributed by atoms with Crippen molar-refractivity contribution in [2.24, 2.45) is 5.92 Å². The molecule has 0 aliphatic carbocycles. The minimum Gasteiger partial charge on any atom is -0.466 e. The Bertz CT molecular complexity index is 1170. The molecule has 2 aromatic carbocycles. The molecule has 7 nitrogen and oxygen atoms in total. The van der Waals surface area contributed by atoms with E-state index in [1.165, 1.54) is 28.5 Å². The molecule has 0 unspecified atom stereocenters. The van der Waals surface area contributed by atoms with E-state index < -0.39 is 0 Å². The van der Waals surface area contributed by atoms with Crippen molar-refractivity contribution < 1.29 is 18.7 Å². The van der Waals surface area contributed by atoms with Crippen molar-refractivity contribution in [2.45, 2.75) is 53.2 Å². The summed E-state index contributed by atoms with van der Waals surface area (Å²) in [5.41, 5.74) is 5.20. The lowest BCUT2D eigenvalue weighted by Crippen LogP contribution is -2.43. The quantitative estimate of drug-likeness (QED) is 0.398. The van der Waals surface area contributed by atoms with Crippen LogP contribution in [0.25, 0.3) is 0 Å². The minimum atomic E-state index is -0.284. The van der Waals surface area contributed by atoms with Gasteiger partial charge in [0, 0.05) is 26.2 Å². The second kappa shape index (κ2) is 12.0. The number of piperidine rings is 1. The molecule has 1 saturated heterocycles. The van der Waals surface area contributed by atoms with Crippen molar-refractivity contribution in [2.75, 3.05) is 19.7 Å². The Kier molecular flexibility index (Phi) is 8.54. The average Bonchev–Trinajstić information content (AvgIpc) is 3.35. The predicted octanol–water partition coefficient (Wildman–Crippen LogP) is 4.91. The van der Waals surface area contributed by atoms with Gasteiger partial charge in [-0.15, -0.1) is 0 Å². The number of oxazole rings is 1. The monoisotopic (exact) mass is 489 g/mol. The van der Waals surface area contributed by atoms with Crippen molar-refractivity contribution in [1.29, 1.82) is 0 Å². The van der Waals surface area contributed by atoms with Crippen LogP contribution in [0.5, 0.6) is 0 Å². The summed E-state index contributed by atoms with van der Waals surface area (Å²) >= 11 is 0. The van der Waals surface area contributed by atoms with Gasteiger partial charge in [0.15, 0.2) is 5.69 Å². The molecule has 7 heteroatoms. The normalized spacial score (nSPS) is 15.8. The smallest absolute Gasteiger partial charge is 0.310 e. The van der Waals surface area contributed by atoms with Crippen LogP contribution in [0, 0.1) is 19.8 Å². The van der Waals surface area contributed by atoms with Crippen LogP contribution in [-0.4, -0.2) is 46.4 Å². The highest BCUT2D eigenvalue weighted by molar-refractivity contribution is 5.92. The van der Waals surface area contributed by atoms with E-state index in [0.717, 1.165) is 25.9 Å². The molecule has 0 radical (unpaired) electrons. The van der Waals surface area contributed by atoms with Gasteiger partial charge in [-0.3, -0.25) is 14.5 Å². The number of benzene rings is 2. The number of aromatic nitrogens is 1. The highest BCUT2D eigenvalue weighted by atomic mass is 16.5. The van der Waals surface area contributed by atoms with Gasteiger partial charge in [-0.1, -0.05) is 54.1 Å². The standard InChI is InChI=1S/C29H35N3O4/c1-4-35-29(34)24-11-8-14-32(18-24)28(33)26-20-36-27(30-26)19-31(16-23-9-6-5-7-10-23)17-25-15-21(2)12-13-22(25)3/h5-7,9-10,12-13,15,20,24H,4,8,11,14,16-19H2,1-3H3/t24-/m1/s1. The van der Waals surface area contributed by atoms with Crippen LogP contribution < -0.4 is 0 Å². The van der Waals surface area contributed by atoms with Gasteiger partial charge in [-0.25, -0.2) is 4.98 Å². The van der Waals surface area contributed by atoms with E-state index in [0.29, 0.717) is 32.1 Å². The molecule has 0 saturated carbocycles. The number of aryl methyl sites for hydroxylation is 2. The molecule has 1 aliphatic heterocycles. The highest BCUT2D eigenvalue weighted by Gasteiger charge is 2.31. The summed E-state index contributed by atoms with van der Waals surface area (Å²) < 4.78 is 10.9. The van der Waals surface area contributed by atoms with E-state index in [2.05, 4.69) is 54.1 Å². The number of carbonyl (C=O) groups is 2. The number of hydrogen-bond donors (Lipinski definition) is 0. The summed E-state index contributed by atoms with van der Waals surface area (Å²) in [6, 6.07) is 16.8. The second-order valence-electron chi connectivity index (χ2n) is 9.53. The van der Waals surface area contributed by atoms with E-state index >= 15 is 0 Å². The third-order valence-electron chi connectivity index (χ3n) is 6.61. The zero-order valence-corrected chi connectivity index (χ0v) is 21.4. The zero-order valence-electron chi connectivity index (χ0n) is 21.4. The van der Waals surface area contributed by atoms with E-state index in [9.17, 15) is 9.59 Å². The second-order valence-corrected chi connectivity index (χ2v) is 9.53. The Morgan fingerprint density at radius 3 is 2.69 bits per heavy atom. The largest absolute Gasteiger partial charge is 0.466 e. The number of carbonyl (C=O) groups excluding carboxylic acids is 2. The molecule has 4 rings (SSSR count). The molecule has 1 atom stereocenters. The Morgan fingerprint density at radius 2 is 1.92 bits per heavy atom. The van der Waals surface area contributed by atoms with Gasteiger partial charge in [0.05, 0.1) is 19.1 Å². The molecule has 2 heterocycles. The fourth-order valence-corrected chi connectivity index (χ4v) is 4.67. The summed E-state index contributed by atoms with van der Waals surface area (Å²) in [6.45, 7) is 9.26. The lowest BCUT2D eigenvalue weighted by Gasteiger charge is -2.30. The average molecular weight is 490 g/mol. The van der Waals surface area contributed by atoms with Crippen LogP contribution in [0.3, 0.4) is 0 Å². The number of nitrogens with zero attached hydrogens (tertiary/aromatic N) is 3. The minimum absolute atomic E-state index is 0.205. The number of amides is 1. The van der Waals surface area contributed by atoms with Gasteiger partial charge in [0.1, 0.15) is 6.26 Å². The summed E-state index contributed by atoms with van der Waals surface area (Å²) in [5.74, 6) is -0.228. The van der Waals surface area contributed by atoms with Crippen LogP contribution in [-0.2, 0) is 29.2 Å².